The molecule has 0 radical (unpaired) electrons. The average molecular weight is 519 g/mol. The van der Waals surface area contributed by atoms with E-state index >= 15 is 0 Å². The number of amides is 2. The number of ether oxygens (including phenoxy) is 2. The number of benzene rings is 1. The Kier molecular flexibility index (Phi) is 7.94. The lowest BCUT2D eigenvalue weighted by Gasteiger charge is -2.26. The highest BCUT2D eigenvalue weighted by molar-refractivity contribution is 6.05. The molecular weight excluding hydrogens is 498 g/mol. The molecule has 0 atom stereocenters. The lowest BCUT2D eigenvalue weighted by atomic mass is 10.1. The van der Waals surface area contributed by atoms with Gasteiger partial charge in [0.1, 0.15) is 5.82 Å². The molecule has 2 amide bonds. The maximum Gasteiger partial charge on any atom is 0.573 e. The SMILES string of the molecule is O=C(CN1CCOCC1)Nc1cc(C(=O)Nc2ccc(-c3cccnc3F)cn2)ccc1OC(F)(F)F. The van der Waals surface area contributed by atoms with Crippen LogP contribution < -0.4 is 15.4 Å². The van der Waals surface area contributed by atoms with Crippen LogP contribution in [-0.2, 0) is 9.53 Å². The molecule has 0 saturated carbocycles. The Balaban J connectivity index is 1.49. The van der Waals surface area contributed by atoms with Gasteiger partial charge in [-0.1, -0.05) is 0 Å². The van der Waals surface area contributed by atoms with Gasteiger partial charge in [-0.05, 0) is 42.5 Å². The van der Waals surface area contributed by atoms with Gasteiger partial charge in [-0.2, -0.15) is 4.39 Å². The van der Waals surface area contributed by atoms with Crippen molar-refractivity contribution in [2.24, 2.45) is 0 Å². The summed E-state index contributed by atoms with van der Waals surface area (Å²) in [6.07, 6.45) is -2.36. The molecule has 0 spiro atoms. The first-order valence-electron chi connectivity index (χ1n) is 11.1. The summed E-state index contributed by atoms with van der Waals surface area (Å²) in [5.41, 5.74) is 0.284. The maximum atomic E-state index is 13.9. The fourth-order valence-corrected chi connectivity index (χ4v) is 3.55. The zero-order valence-electron chi connectivity index (χ0n) is 19.2. The average Bonchev–Trinajstić information content (AvgIpc) is 2.86. The number of aromatic nitrogens is 2. The third kappa shape index (κ3) is 7.21. The highest BCUT2D eigenvalue weighted by atomic mass is 19.4. The fourth-order valence-electron chi connectivity index (χ4n) is 3.55. The maximum absolute atomic E-state index is 13.9. The van der Waals surface area contributed by atoms with Crippen molar-refractivity contribution in [2.75, 3.05) is 43.5 Å². The molecule has 194 valence electrons. The van der Waals surface area contributed by atoms with Crippen molar-refractivity contribution in [3.05, 3.63) is 66.4 Å². The van der Waals surface area contributed by atoms with E-state index in [0.717, 1.165) is 18.2 Å². The summed E-state index contributed by atoms with van der Waals surface area (Å²) in [4.78, 5) is 34.7. The number of morpholine rings is 1. The van der Waals surface area contributed by atoms with Gasteiger partial charge in [-0.15, -0.1) is 13.2 Å². The van der Waals surface area contributed by atoms with E-state index in [4.69, 9.17) is 4.74 Å². The van der Waals surface area contributed by atoms with E-state index in [1.807, 2.05) is 0 Å². The molecular formula is C24H21F4N5O4. The Bertz CT molecular complexity index is 1260. The molecule has 3 aromatic rings. The first-order valence-corrected chi connectivity index (χ1v) is 11.1. The topological polar surface area (TPSA) is 106 Å². The van der Waals surface area contributed by atoms with Gasteiger partial charge in [-0.3, -0.25) is 14.5 Å². The van der Waals surface area contributed by atoms with Gasteiger partial charge < -0.3 is 20.1 Å². The summed E-state index contributed by atoms with van der Waals surface area (Å²) in [7, 11) is 0. The molecule has 9 nitrogen and oxygen atoms in total. The largest absolute Gasteiger partial charge is 0.573 e. The number of carbonyl (C=O) groups is 2. The van der Waals surface area contributed by atoms with Gasteiger partial charge in [0.2, 0.25) is 11.9 Å². The molecule has 1 fully saturated rings. The fraction of sp³-hybridized carbons (Fsp3) is 0.250. The molecule has 1 saturated heterocycles. The second-order valence-corrected chi connectivity index (χ2v) is 7.92. The van der Waals surface area contributed by atoms with Crippen LogP contribution >= 0.6 is 0 Å². The van der Waals surface area contributed by atoms with Crippen LogP contribution in [0.4, 0.5) is 29.1 Å². The zero-order chi connectivity index (χ0) is 26.4. The standard InChI is InChI=1S/C24H21F4N5O4/c25-22-17(2-1-7-29-22)16-4-6-20(30-13-16)32-23(35)15-3-5-19(37-24(26,27)28)18(12-15)31-21(34)14-33-8-10-36-11-9-33/h1-7,12-13H,8-11,14H2,(H,31,34)(H,30,32,35). The van der Waals surface area contributed by atoms with Crippen LogP contribution in [0, 0.1) is 5.95 Å². The lowest BCUT2D eigenvalue weighted by molar-refractivity contribution is -0.274. The summed E-state index contributed by atoms with van der Waals surface area (Å²) in [6, 6.07) is 9.19. The van der Waals surface area contributed by atoms with Gasteiger partial charge in [0, 0.05) is 42.2 Å². The molecule has 1 aromatic carbocycles. The number of pyridine rings is 2. The molecule has 0 bridgehead atoms. The van der Waals surface area contributed by atoms with Crippen molar-refractivity contribution in [1.29, 1.82) is 0 Å². The van der Waals surface area contributed by atoms with Crippen LogP contribution in [0.5, 0.6) is 5.75 Å². The van der Waals surface area contributed by atoms with E-state index in [0.29, 0.717) is 31.9 Å². The molecule has 37 heavy (non-hydrogen) atoms. The predicted octanol–water partition coefficient (Wildman–Crippen LogP) is 3.70. The van der Waals surface area contributed by atoms with Gasteiger partial charge in [0.15, 0.2) is 5.75 Å². The molecule has 1 aliphatic rings. The Morgan fingerprint density at radius 2 is 1.84 bits per heavy atom. The predicted molar refractivity (Wildman–Crippen MR) is 124 cm³/mol. The number of nitrogens with zero attached hydrogens (tertiary/aromatic N) is 3. The normalized spacial score (nSPS) is 14.2. The number of alkyl halides is 3. The van der Waals surface area contributed by atoms with Crippen molar-refractivity contribution in [3.63, 3.8) is 0 Å². The van der Waals surface area contributed by atoms with E-state index in [1.54, 1.807) is 11.0 Å². The first-order chi connectivity index (χ1) is 17.7. The Morgan fingerprint density at radius 3 is 2.51 bits per heavy atom. The van der Waals surface area contributed by atoms with Crippen LogP contribution in [0.25, 0.3) is 11.1 Å². The number of anilines is 2. The number of hydrogen-bond donors (Lipinski definition) is 2. The lowest BCUT2D eigenvalue weighted by Crippen LogP contribution is -2.41. The van der Waals surface area contributed by atoms with Crippen molar-refractivity contribution < 1.29 is 36.6 Å². The zero-order valence-corrected chi connectivity index (χ0v) is 19.2. The van der Waals surface area contributed by atoms with Crippen molar-refractivity contribution in [2.45, 2.75) is 6.36 Å². The Labute approximate surface area is 208 Å². The van der Waals surface area contributed by atoms with Crippen LogP contribution in [0.15, 0.2) is 54.9 Å². The smallest absolute Gasteiger partial charge is 0.404 e. The van der Waals surface area contributed by atoms with Gasteiger partial charge >= 0.3 is 6.36 Å². The number of carbonyl (C=O) groups excluding carboxylic acids is 2. The van der Waals surface area contributed by atoms with Gasteiger partial charge in [0.25, 0.3) is 5.91 Å². The third-order valence-corrected chi connectivity index (χ3v) is 5.29. The number of hydrogen-bond acceptors (Lipinski definition) is 7. The highest BCUT2D eigenvalue weighted by Gasteiger charge is 2.32. The van der Waals surface area contributed by atoms with Crippen LogP contribution in [0.3, 0.4) is 0 Å². The van der Waals surface area contributed by atoms with Gasteiger partial charge in [-0.25, -0.2) is 9.97 Å². The Morgan fingerprint density at radius 1 is 1.05 bits per heavy atom. The van der Waals surface area contributed by atoms with Crippen LogP contribution in [0.1, 0.15) is 10.4 Å². The Hall–Kier alpha value is -4.10. The van der Waals surface area contributed by atoms with Crippen LogP contribution in [-0.4, -0.2) is 65.9 Å². The molecule has 2 N–H and O–H groups in total. The molecule has 13 heteroatoms. The second kappa shape index (κ2) is 11.3. The van der Waals surface area contributed by atoms with E-state index in [9.17, 15) is 27.2 Å². The summed E-state index contributed by atoms with van der Waals surface area (Å²) in [5, 5.41) is 4.90. The second-order valence-electron chi connectivity index (χ2n) is 7.92. The van der Waals surface area contributed by atoms with E-state index < -0.39 is 29.9 Å². The van der Waals surface area contributed by atoms with Crippen molar-refractivity contribution in [3.8, 4) is 16.9 Å². The highest BCUT2D eigenvalue weighted by Crippen LogP contribution is 2.31. The summed E-state index contributed by atoms with van der Waals surface area (Å²) in [5.74, 6) is -2.50. The van der Waals surface area contributed by atoms with Crippen molar-refractivity contribution in [1.82, 2.24) is 14.9 Å². The molecule has 4 rings (SSSR count). The molecule has 0 aliphatic carbocycles. The van der Waals surface area contributed by atoms with E-state index in [2.05, 4.69) is 25.3 Å². The van der Waals surface area contributed by atoms with E-state index in [1.165, 1.54) is 30.6 Å². The first kappa shape index (κ1) is 26.0. The minimum Gasteiger partial charge on any atom is -0.404 e. The number of nitrogens with one attached hydrogen (secondary N) is 2. The quantitative estimate of drug-likeness (QED) is 0.362. The van der Waals surface area contributed by atoms with Crippen LogP contribution in [0.2, 0.25) is 0 Å². The molecule has 0 unspecified atom stereocenters. The summed E-state index contributed by atoms with van der Waals surface area (Å²) >= 11 is 0. The molecule has 1 aliphatic heterocycles. The minimum absolute atomic E-state index is 0.0552. The summed E-state index contributed by atoms with van der Waals surface area (Å²) < 4.78 is 61.8. The van der Waals surface area contributed by atoms with E-state index in [-0.39, 0.29) is 29.2 Å². The van der Waals surface area contributed by atoms with Gasteiger partial charge in [0.05, 0.1) is 25.4 Å². The minimum atomic E-state index is -5.01. The third-order valence-electron chi connectivity index (χ3n) is 5.29. The summed E-state index contributed by atoms with van der Waals surface area (Å²) in [6.45, 7) is 1.82. The molecule has 3 heterocycles. The monoisotopic (exact) mass is 519 g/mol. The number of rotatable bonds is 7. The molecule has 2 aromatic heterocycles. The van der Waals surface area contributed by atoms with Crippen molar-refractivity contribution >= 4 is 23.3 Å². The number of halogens is 4.